The minimum Gasteiger partial charge on any atom is -0.414 e. The van der Waals surface area contributed by atoms with E-state index in [1.165, 1.54) is 0 Å². The van der Waals surface area contributed by atoms with Crippen LogP contribution in [-0.4, -0.2) is 43.4 Å². The van der Waals surface area contributed by atoms with E-state index in [-0.39, 0.29) is 17.6 Å². The Bertz CT molecular complexity index is 817. The van der Waals surface area contributed by atoms with Crippen LogP contribution in [0.2, 0.25) is 39.3 Å². The standard InChI is InChI=1S/C22H38O5SSi2/c1-10-11-20(26-29(4,5)6)16-17-22(3,27-30(7,8)9)18-25-28(23,24)21-14-12-19(2)13-15-21/h1,12-15,20H,11,16-18H2,2-9H3/t20?,22-/m0/s1. The van der Waals surface area contributed by atoms with Gasteiger partial charge in [-0.2, -0.15) is 8.42 Å². The third-order valence-corrected chi connectivity index (χ3v) is 7.67. The molecule has 0 heterocycles. The quantitative estimate of drug-likeness (QED) is 0.235. The van der Waals surface area contributed by atoms with Crippen LogP contribution in [0, 0.1) is 19.3 Å². The van der Waals surface area contributed by atoms with Crippen molar-refractivity contribution in [2.75, 3.05) is 6.61 Å². The van der Waals surface area contributed by atoms with Gasteiger partial charge >= 0.3 is 0 Å². The molecule has 2 atom stereocenters. The van der Waals surface area contributed by atoms with Crippen LogP contribution in [0.3, 0.4) is 0 Å². The Morgan fingerprint density at radius 2 is 1.63 bits per heavy atom. The highest BCUT2D eigenvalue weighted by Crippen LogP contribution is 2.28. The molecule has 1 aromatic carbocycles. The Morgan fingerprint density at radius 3 is 2.10 bits per heavy atom. The van der Waals surface area contributed by atoms with E-state index in [0.29, 0.717) is 19.3 Å². The van der Waals surface area contributed by atoms with Crippen LogP contribution in [0.15, 0.2) is 29.2 Å². The lowest BCUT2D eigenvalue weighted by molar-refractivity contribution is 0.0121. The van der Waals surface area contributed by atoms with Gasteiger partial charge in [-0.3, -0.25) is 4.18 Å². The minimum atomic E-state index is -3.86. The Morgan fingerprint density at radius 1 is 1.07 bits per heavy atom. The molecule has 0 N–H and O–H groups in total. The maximum atomic E-state index is 12.7. The van der Waals surface area contributed by atoms with E-state index < -0.39 is 32.4 Å². The fraction of sp³-hybridized carbons (Fsp3) is 0.636. The molecule has 0 fully saturated rings. The fourth-order valence-corrected chi connectivity index (χ4v) is 7.02. The second-order valence-corrected chi connectivity index (χ2v) is 20.5. The van der Waals surface area contributed by atoms with Gasteiger partial charge < -0.3 is 8.85 Å². The number of hydrogen-bond acceptors (Lipinski definition) is 5. The van der Waals surface area contributed by atoms with Gasteiger partial charge in [0, 0.05) is 6.42 Å². The maximum Gasteiger partial charge on any atom is 0.297 e. The first-order valence-electron chi connectivity index (χ1n) is 10.3. The van der Waals surface area contributed by atoms with Crippen LogP contribution in [-0.2, 0) is 23.2 Å². The Kier molecular flexibility index (Phi) is 9.54. The summed E-state index contributed by atoms with van der Waals surface area (Å²) in [5.41, 5.74) is 0.237. The first-order chi connectivity index (χ1) is 13.6. The summed E-state index contributed by atoms with van der Waals surface area (Å²) in [5, 5.41) is 0. The fourth-order valence-electron chi connectivity index (χ4n) is 3.17. The molecule has 0 spiro atoms. The molecule has 0 saturated carbocycles. The molecule has 0 radical (unpaired) electrons. The van der Waals surface area contributed by atoms with Gasteiger partial charge in [-0.25, -0.2) is 0 Å². The third-order valence-electron chi connectivity index (χ3n) is 4.24. The molecule has 5 nitrogen and oxygen atoms in total. The average Bonchev–Trinajstić information content (AvgIpc) is 2.56. The van der Waals surface area contributed by atoms with Gasteiger partial charge in [-0.05, 0) is 78.1 Å². The molecular weight excluding hydrogens is 432 g/mol. The number of hydrogen-bond donors (Lipinski definition) is 0. The van der Waals surface area contributed by atoms with Gasteiger partial charge in [0.2, 0.25) is 0 Å². The van der Waals surface area contributed by atoms with Crippen molar-refractivity contribution in [1.29, 1.82) is 0 Å². The van der Waals surface area contributed by atoms with Gasteiger partial charge in [-0.15, -0.1) is 12.3 Å². The zero-order valence-corrected chi connectivity index (χ0v) is 22.6. The highest BCUT2D eigenvalue weighted by Gasteiger charge is 2.35. The van der Waals surface area contributed by atoms with Gasteiger partial charge in [0.15, 0.2) is 16.6 Å². The predicted molar refractivity (Wildman–Crippen MR) is 128 cm³/mol. The summed E-state index contributed by atoms with van der Waals surface area (Å²) >= 11 is 0. The lowest BCUT2D eigenvalue weighted by Gasteiger charge is -2.37. The number of rotatable bonds is 12. The van der Waals surface area contributed by atoms with E-state index in [2.05, 4.69) is 45.2 Å². The van der Waals surface area contributed by atoms with E-state index in [1.54, 1.807) is 24.3 Å². The summed E-state index contributed by atoms with van der Waals surface area (Å²) in [4.78, 5) is 0.149. The highest BCUT2D eigenvalue weighted by molar-refractivity contribution is 7.86. The number of benzene rings is 1. The Labute approximate surface area is 185 Å². The molecule has 0 bridgehead atoms. The van der Waals surface area contributed by atoms with Gasteiger partial charge in [0.25, 0.3) is 10.1 Å². The van der Waals surface area contributed by atoms with Crippen LogP contribution >= 0.6 is 0 Å². The molecule has 30 heavy (non-hydrogen) atoms. The van der Waals surface area contributed by atoms with Gasteiger partial charge in [-0.1, -0.05) is 17.7 Å². The van der Waals surface area contributed by atoms with Crippen molar-refractivity contribution in [3.05, 3.63) is 29.8 Å². The van der Waals surface area contributed by atoms with Crippen LogP contribution in [0.4, 0.5) is 0 Å². The summed E-state index contributed by atoms with van der Waals surface area (Å²) in [6, 6.07) is 6.64. The molecule has 1 rings (SSSR count). The monoisotopic (exact) mass is 470 g/mol. The largest absolute Gasteiger partial charge is 0.414 e. The summed E-state index contributed by atoms with van der Waals surface area (Å²) in [7, 11) is -7.58. The molecule has 170 valence electrons. The molecule has 1 aromatic rings. The number of aryl methyl sites for hydroxylation is 1. The second-order valence-electron chi connectivity index (χ2n) is 9.99. The van der Waals surface area contributed by atoms with E-state index in [4.69, 9.17) is 19.5 Å². The third kappa shape index (κ3) is 10.4. The Hall–Kier alpha value is -0.956. The van der Waals surface area contributed by atoms with Crippen molar-refractivity contribution < 1.29 is 21.5 Å². The zero-order chi connectivity index (χ0) is 23.2. The predicted octanol–water partition coefficient (Wildman–Crippen LogP) is 5.33. The molecule has 0 aromatic heterocycles. The SMILES string of the molecule is C#CCC(CC[C@@](C)(COS(=O)(=O)c1ccc(C)cc1)O[Si](C)(C)C)O[Si](C)(C)C. The molecular formula is C22H38O5SSi2. The van der Waals surface area contributed by atoms with Gasteiger partial charge in [0.1, 0.15) is 0 Å². The van der Waals surface area contributed by atoms with Crippen molar-refractivity contribution in [3.63, 3.8) is 0 Å². The summed E-state index contributed by atoms with van der Waals surface area (Å²) in [6.07, 6.45) is 7.27. The van der Waals surface area contributed by atoms with Gasteiger partial charge in [0.05, 0.1) is 23.2 Å². The lowest BCUT2D eigenvalue weighted by Crippen LogP contribution is -2.45. The first-order valence-corrected chi connectivity index (χ1v) is 18.6. The van der Waals surface area contributed by atoms with Crippen LogP contribution in [0.5, 0.6) is 0 Å². The summed E-state index contributed by atoms with van der Waals surface area (Å²) in [6.45, 7) is 16.4. The molecule has 0 amide bonds. The topological polar surface area (TPSA) is 61.8 Å². The van der Waals surface area contributed by atoms with E-state index in [9.17, 15) is 8.42 Å². The van der Waals surface area contributed by atoms with E-state index in [1.807, 2.05) is 13.8 Å². The summed E-state index contributed by atoms with van der Waals surface area (Å²) < 4.78 is 43.4. The number of terminal acetylenes is 1. The van der Waals surface area contributed by atoms with Crippen LogP contribution < -0.4 is 0 Å². The molecule has 0 aliphatic carbocycles. The highest BCUT2D eigenvalue weighted by atomic mass is 32.2. The van der Waals surface area contributed by atoms with Crippen molar-refractivity contribution in [1.82, 2.24) is 0 Å². The van der Waals surface area contributed by atoms with Crippen molar-refractivity contribution in [2.45, 2.75) is 89.0 Å². The smallest absolute Gasteiger partial charge is 0.297 e. The van der Waals surface area contributed by atoms with E-state index >= 15 is 0 Å². The molecule has 8 heteroatoms. The van der Waals surface area contributed by atoms with Crippen LogP contribution in [0.1, 0.15) is 31.7 Å². The molecule has 1 unspecified atom stereocenters. The maximum absolute atomic E-state index is 12.7. The summed E-state index contributed by atoms with van der Waals surface area (Å²) in [5.74, 6) is 2.70. The molecule has 0 aliphatic heterocycles. The second kappa shape index (κ2) is 10.6. The first kappa shape index (κ1) is 27.1. The molecule has 0 aliphatic rings. The van der Waals surface area contributed by atoms with E-state index in [0.717, 1.165) is 5.56 Å². The minimum absolute atomic E-state index is 0.0524. The van der Waals surface area contributed by atoms with Crippen molar-refractivity contribution in [2.24, 2.45) is 0 Å². The van der Waals surface area contributed by atoms with Crippen LogP contribution in [0.25, 0.3) is 0 Å². The average molecular weight is 471 g/mol. The normalized spacial score (nSPS) is 16.0. The molecule has 0 saturated heterocycles. The van der Waals surface area contributed by atoms with Crippen molar-refractivity contribution in [3.8, 4) is 12.3 Å². The Balaban J connectivity index is 2.96. The zero-order valence-electron chi connectivity index (χ0n) is 19.7. The van der Waals surface area contributed by atoms with Crippen molar-refractivity contribution >= 4 is 26.8 Å². The lowest BCUT2D eigenvalue weighted by atomic mass is 9.98.